The van der Waals surface area contributed by atoms with E-state index >= 15 is 0 Å². The number of carbonyl (C=O) groups is 1. The van der Waals surface area contributed by atoms with Crippen LogP contribution in [0.25, 0.3) is 0 Å². The smallest absolute Gasteiger partial charge is 0.230 e. The first-order valence-corrected chi connectivity index (χ1v) is 8.18. The molecule has 0 radical (unpaired) electrons. The highest BCUT2D eigenvalue weighted by Gasteiger charge is 2.05. The van der Waals surface area contributed by atoms with Crippen molar-refractivity contribution in [1.29, 1.82) is 0 Å². The van der Waals surface area contributed by atoms with Gasteiger partial charge < -0.3 is 10.6 Å². The second-order valence-electron chi connectivity index (χ2n) is 5.40. The van der Waals surface area contributed by atoms with Gasteiger partial charge in [-0.1, -0.05) is 26.0 Å². The van der Waals surface area contributed by atoms with Crippen LogP contribution in [0.1, 0.15) is 38.8 Å². The van der Waals surface area contributed by atoms with E-state index in [2.05, 4.69) is 55.7 Å². The first kappa shape index (κ1) is 17.1. The van der Waals surface area contributed by atoms with Gasteiger partial charge in [0.2, 0.25) is 5.91 Å². The molecule has 20 heavy (non-hydrogen) atoms. The van der Waals surface area contributed by atoms with E-state index in [1.54, 1.807) is 11.8 Å². The van der Waals surface area contributed by atoms with Gasteiger partial charge in [-0.15, -0.1) is 11.8 Å². The number of hydrogen-bond acceptors (Lipinski definition) is 3. The van der Waals surface area contributed by atoms with Crippen LogP contribution in [0.4, 0.5) is 0 Å². The average Bonchev–Trinajstić information content (AvgIpc) is 2.44. The van der Waals surface area contributed by atoms with Gasteiger partial charge in [-0.2, -0.15) is 0 Å². The lowest BCUT2D eigenvalue weighted by atomic mass is 10.1. The van der Waals surface area contributed by atoms with Crippen LogP contribution in [0.15, 0.2) is 29.2 Å². The SMILES string of the molecule is CNC(C)c1ccc(SCC(=O)NCCC(C)C)cc1. The molecule has 3 nitrogen and oxygen atoms in total. The molecule has 112 valence electrons. The van der Waals surface area contributed by atoms with Crippen molar-refractivity contribution in [1.82, 2.24) is 10.6 Å². The van der Waals surface area contributed by atoms with Crippen LogP contribution >= 0.6 is 11.8 Å². The van der Waals surface area contributed by atoms with Crippen molar-refractivity contribution in [3.05, 3.63) is 29.8 Å². The second kappa shape index (κ2) is 9.03. The molecule has 0 aliphatic heterocycles. The van der Waals surface area contributed by atoms with E-state index in [-0.39, 0.29) is 5.91 Å². The Hall–Kier alpha value is -1.00. The Morgan fingerprint density at radius 3 is 2.40 bits per heavy atom. The molecule has 1 rings (SSSR count). The first-order chi connectivity index (χ1) is 9.52. The summed E-state index contributed by atoms with van der Waals surface area (Å²) < 4.78 is 0. The molecule has 0 fully saturated rings. The zero-order chi connectivity index (χ0) is 15.0. The molecule has 4 heteroatoms. The minimum Gasteiger partial charge on any atom is -0.355 e. The number of benzene rings is 1. The minimum absolute atomic E-state index is 0.114. The lowest BCUT2D eigenvalue weighted by Crippen LogP contribution is -2.26. The predicted molar refractivity (Wildman–Crippen MR) is 87.1 cm³/mol. The summed E-state index contributed by atoms with van der Waals surface area (Å²) in [6.07, 6.45) is 1.03. The number of hydrogen-bond donors (Lipinski definition) is 2. The molecular weight excluding hydrogens is 268 g/mol. The number of thioether (sulfide) groups is 1. The van der Waals surface area contributed by atoms with Gasteiger partial charge >= 0.3 is 0 Å². The fourth-order valence-electron chi connectivity index (χ4n) is 1.72. The van der Waals surface area contributed by atoms with Crippen molar-refractivity contribution in [2.45, 2.75) is 38.1 Å². The summed E-state index contributed by atoms with van der Waals surface area (Å²) in [5.74, 6) is 1.23. The van der Waals surface area contributed by atoms with E-state index < -0.39 is 0 Å². The minimum atomic E-state index is 0.114. The standard InChI is InChI=1S/C16H26N2OS/c1-12(2)9-10-18-16(19)11-20-15-7-5-14(6-8-15)13(3)17-4/h5-8,12-13,17H,9-11H2,1-4H3,(H,18,19). The van der Waals surface area contributed by atoms with Crippen molar-refractivity contribution in [2.75, 3.05) is 19.3 Å². The number of nitrogens with one attached hydrogen (secondary N) is 2. The Balaban J connectivity index is 2.32. The normalized spacial score (nSPS) is 12.4. The summed E-state index contributed by atoms with van der Waals surface area (Å²) >= 11 is 1.58. The molecule has 1 atom stereocenters. The van der Waals surface area contributed by atoms with Gasteiger partial charge in [0.15, 0.2) is 0 Å². The fourth-order valence-corrected chi connectivity index (χ4v) is 2.45. The number of carbonyl (C=O) groups excluding carboxylic acids is 1. The van der Waals surface area contributed by atoms with Crippen LogP contribution in [0.3, 0.4) is 0 Å². The van der Waals surface area contributed by atoms with E-state index in [0.29, 0.717) is 17.7 Å². The van der Waals surface area contributed by atoms with Gasteiger partial charge in [-0.3, -0.25) is 4.79 Å². The van der Waals surface area contributed by atoms with E-state index in [4.69, 9.17) is 0 Å². The maximum Gasteiger partial charge on any atom is 0.230 e. The number of amides is 1. The summed E-state index contributed by atoms with van der Waals surface area (Å²) in [5, 5.41) is 6.17. The van der Waals surface area contributed by atoms with Crippen molar-refractivity contribution in [3.63, 3.8) is 0 Å². The zero-order valence-electron chi connectivity index (χ0n) is 12.9. The molecular formula is C16H26N2OS. The molecule has 2 N–H and O–H groups in total. The molecule has 0 saturated carbocycles. The Morgan fingerprint density at radius 1 is 1.20 bits per heavy atom. The Bertz CT molecular complexity index is 403. The molecule has 1 aromatic carbocycles. The molecule has 0 saturated heterocycles. The predicted octanol–water partition coefficient (Wildman–Crippen LogP) is 3.22. The van der Waals surface area contributed by atoms with Gasteiger partial charge in [0.25, 0.3) is 0 Å². The number of rotatable bonds is 8. The van der Waals surface area contributed by atoms with Crippen molar-refractivity contribution >= 4 is 17.7 Å². The van der Waals surface area contributed by atoms with Gasteiger partial charge in [0, 0.05) is 17.5 Å². The summed E-state index contributed by atoms with van der Waals surface area (Å²) in [7, 11) is 1.95. The summed E-state index contributed by atoms with van der Waals surface area (Å²) in [4.78, 5) is 12.8. The third-order valence-corrected chi connectivity index (χ3v) is 4.24. The fraction of sp³-hybridized carbons (Fsp3) is 0.562. The maximum atomic E-state index is 11.7. The van der Waals surface area contributed by atoms with Crippen LogP contribution in [0.2, 0.25) is 0 Å². The highest BCUT2D eigenvalue weighted by molar-refractivity contribution is 8.00. The van der Waals surface area contributed by atoms with Crippen LogP contribution in [-0.4, -0.2) is 25.3 Å². The molecule has 1 aromatic rings. The Morgan fingerprint density at radius 2 is 1.85 bits per heavy atom. The second-order valence-corrected chi connectivity index (χ2v) is 6.45. The summed E-state index contributed by atoms with van der Waals surface area (Å²) in [6.45, 7) is 7.23. The van der Waals surface area contributed by atoms with Crippen LogP contribution in [0.5, 0.6) is 0 Å². The highest BCUT2D eigenvalue weighted by atomic mass is 32.2. The first-order valence-electron chi connectivity index (χ1n) is 7.19. The van der Waals surface area contributed by atoms with E-state index in [1.807, 2.05) is 7.05 Å². The molecule has 0 bridgehead atoms. The lowest BCUT2D eigenvalue weighted by molar-refractivity contribution is -0.118. The van der Waals surface area contributed by atoms with Gasteiger partial charge in [0.1, 0.15) is 0 Å². The van der Waals surface area contributed by atoms with Crippen LogP contribution in [0, 0.1) is 5.92 Å². The molecule has 0 aliphatic rings. The van der Waals surface area contributed by atoms with Crippen LogP contribution < -0.4 is 10.6 Å². The summed E-state index contributed by atoms with van der Waals surface area (Å²) in [5.41, 5.74) is 1.26. The van der Waals surface area contributed by atoms with E-state index in [9.17, 15) is 4.79 Å². The van der Waals surface area contributed by atoms with E-state index in [0.717, 1.165) is 17.9 Å². The molecule has 1 unspecified atom stereocenters. The van der Waals surface area contributed by atoms with E-state index in [1.165, 1.54) is 5.56 Å². The third-order valence-electron chi connectivity index (χ3n) is 3.23. The monoisotopic (exact) mass is 294 g/mol. The van der Waals surface area contributed by atoms with Crippen LogP contribution in [-0.2, 0) is 4.79 Å². The maximum absolute atomic E-state index is 11.7. The molecule has 1 amide bonds. The largest absolute Gasteiger partial charge is 0.355 e. The van der Waals surface area contributed by atoms with Gasteiger partial charge in [0.05, 0.1) is 5.75 Å². The van der Waals surface area contributed by atoms with Gasteiger partial charge in [-0.25, -0.2) is 0 Å². The van der Waals surface area contributed by atoms with Crippen molar-refractivity contribution < 1.29 is 4.79 Å². The average molecular weight is 294 g/mol. The lowest BCUT2D eigenvalue weighted by Gasteiger charge is -2.11. The molecule has 0 heterocycles. The molecule has 0 spiro atoms. The third kappa shape index (κ3) is 6.44. The summed E-state index contributed by atoms with van der Waals surface area (Å²) in [6, 6.07) is 8.73. The molecule has 0 aromatic heterocycles. The zero-order valence-corrected chi connectivity index (χ0v) is 13.7. The Labute approximate surface area is 126 Å². The topological polar surface area (TPSA) is 41.1 Å². The van der Waals surface area contributed by atoms with Crippen molar-refractivity contribution in [3.8, 4) is 0 Å². The van der Waals surface area contributed by atoms with Gasteiger partial charge in [-0.05, 0) is 44.0 Å². The molecule has 0 aliphatic carbocycles. The quantitative estimate of drug-likeness (QED) is 0.723. The highest BCUT2D eigenvalue weighted by Crippen LogP contribution is 2.20. The Kier molecular flexibility index (Phi) is 7.70. The van der Waals surface area contributed by atoms with Crippen molar-refractivity contribution in [2.24, 2.45) is 5.92 Å².